The molecule has 0 aliphatic carbocycles. The Hall–Kier alpha value is -2.72. The van der Waals surface area contributed by atoms with Crippen LogP contribution in [-0.2, 0) is 26.9 Å². The van der Waals surface area contributed by atoms with E-state index in [4.69, 9.17) is 0 Å². The summed E-state index contributed by atoms with van der Waals surface area (Å²) in [7, 11) is 1.24. The van der Waals surface area contributed by atoms with Crippen molar-refractivity contribution in [1.82, 2.24) is 24.9 Å². The molecular weight excluding hydrogens is 379 g/mol. The van der Waals surface area contributed by atoms with Gasteiger partial charge < -0.3 is 10.1 Å². The van der Waals surface area contributed by atoms with Gasteiger partial charge in [-0.1, -0.05) is 13.8 Å². The highest BCUT2D eigenvalue weighted by atomic mass is 19.4. The van der Waals surface area contributed by atoms with E-state index in [2.05, 4.69) is 25.1 Å². The fourth-order valence-electron chi connectivity index (χ4n) is 2.80. The number of amides is 1. The third kappa shape index (κ3) is 4.57. The zero-order valence-electron chi connectivity index (χ0n) is 16.2. The molecule has 0 unspecified atom stereocenters. The Balaban J connectivity index is 2.20. The van der Waals surface area contributed by atoms with Gasteiger partial charge in [0.2, 0.25) is 5.91 Å². The molecule has 2 rings (SSSR count). The highest BCUT2D eigenvalue weighted by molar-refractivity contribution is 5.84. The molecule has 2 aromatic rings. The minimum Gasteiger partial charge on any atom is -0.467 e. The second-order valence-electron chi connectivity index (χ2n) is 6.72. The van der Waals surface area contributed by atoms with Crippen LogP contribution in [0.5, 0.6) is 0 Å². The summed E-state index contributed by atoms with van der Waals surface area (Å²) in [6.07, 6.45) is -4.43. The lowest BCUT2D eigenvalue weighted by Crippen LogP contribution is -2.45. The summed E-state index contributed by atoms with van der Waals surface area (Å²) in [6, 6.07) is -0.773. The van der Waals surface area contributed by atoms with E-state index in [-0.39, 0.29) is 30.4 Å². The van der Waals surface area contributed by atoms with Crippen LogP contribution in [0.15, 0.2) is 0 Å². The van der Waals surface area contributed by atoms with Crippen molar-refractivity contribution in [3.05, 3.63) is 22.8 Å². The normalized spacial score (nSPS) is 13.0. The lowest BCUT2D eigenvalue weighted by Gasteiger charge is -2.20. The molecule has 0 saturated heterocycles. The van der Waals surface area contributed by atoms with Gasteiger partial charge in [0.25, 0.3) is 11.6 Å². The molecule has 28 heavy (non-hydrogen) atoms. The maximum Gasteiger partial charge on any atom is 0.453 e. The molecule has 1 N–H and O–H groups in total. The van der Waals surface area contributed by atoms with Gasteiger partial charge in [-0.15, -0.1) is 5.10 Å². The minimum absolute atomic E-state index is 0.0237. The number of aryl methyl sites for hydroxylation is 2. The van der Waals surface area contributed by atoms with Crippen LogP contribution in [0.1, 0.15) is 43.0 Å². The number of ether oxygens (including phenoxy) is 1. The molecule has 11 heteroatoms. The number of rotatable bonds is 6. The quantitative estimate of drug-likeness (QED) is 0.744. The molecule has 154 valence electrons. The zero-order chi connectivity index (χ0) is 21.2. The van der Waals surface area contributed by atoms with Crippen LogP contribution < -0.4 is 5.32 Å². The molecule has 8 nitrogen and oxygen atoms in total. The first-order valence-electron chi connectivity index (χ1n) is 8.63. The Bertz CT molecular complexity index is 892. The van der Waals surface area contributed by atoms with Gasteiger partial charge in [0.15, 0.2) is 0 Å². The lowest BCUT2D eigenvalue weighted by molar-refractivity contribution is -0.146. The van der Waals surface area contributed by atoms with Crippen molar-refractivity contribution in [3.63, 3.8) is 0 Å². The SMILES string of the molecule is COC(=O)[C@@H](NC(=O)CCc1c(C)nc2nc(C(F)(F)F)nn2c1C)C(C)C. The number of fused-ring (bicyclic) bond motifs is 1. The second-order valence-corrected chi connectivity index (χ2v) is 6.72. The van der Waals surface area contributed by atoms with E-state index in [1.807, 2.05) is 0 Å². The maximum absolute atomic E-state index is 12.8. The van der Waals surface area contributed by atoms with Crippen LogP contribution in [0.25, 0.3) is 5.78 Å². The van der Waals surface area contributed by atoms with Gasteiger partial charge in [-0.3, -0.25) is 4.79 Å². The number of halogens is 3. The number of carbonyl (C=O) groups excluding carboxylic acids is 2. The number of carbonyl (C=O) groups is 2. The average molecular weight is 401 g/mol. The Labute approximate surface area is 159 Å². The van der Waals surface area contributed by atoms with E-state index >= 15 is 0 Å². The first-order chi connectivity index (χ1) is 13.0. The van der Waals surface area contributed by atoms with Crippen LogP contribution in [0.3, 0.4) is 0 Å². The summed E-state index contributed by atoms with van der Waals surface area (Å²) in [4.78, 5) is 31.5. The number of alkyl halides is 3. The summed E-state index contributed by atoms with van der Waals surface area (Å²) in [5, 5.41) is 6.09. The van der Waals surface area contributed by atoms with Crippen LogP contribution in [-0.4, -0.2) is 44.6 Å². The number of esters is 1. The lowest BCUT2D eigenvalue weighted by atomic mass is 10.0. The number of methoxy groups -OCH3 is 1. The van der Waals surface area contributed by atoms with E-state index < -0.39 is 24.0 Å². The standard InChI is InChI=1S/C17H22F3N5O3/c1-8(2)13(14(27)28-5)22-12(26)7-6-11-9(3)21-16-23-15(17(18,19)20)24-25(16)10(11)4/h8,13H,6-7H2,1-5H3,(H,22,26)/t13-/m0/s1. The molecule has 0 saturated carbocycles. The highest BCUT2D eigenvalue weighted by Gasteiger charge is 2.37. The number of nitrogens with one attached hydrogen (secondary N) is 1. The average Bonchev–Trinajstić information content (AvgIpc) is 3.03. The van der Waals surface area contributed by atoms with Gasteiger partial charge in [-0.25, -0.2) is 14.3 Å². The predicted molar refractivity (Wildman–Crippen MR) is 92.4 cm³/mol. The summed E-state index contributed by atoms with van der Waals surface area (Å²) < 4.78 is 44.2. The van der Waals surface area contributed by atoms with Crippen molar-refractivity contribution in [3.8, 4) is 0 Å². The van der Waals surface area contributed by atoms with Crippen molar-refractivity contribution in [2.24, 2.45) is 5.92 Å². The number of hydrogen-bond acceptors (Lipinski definition) is 6. The first-order valence-corrected chi connectivity index (χ1v) is 8.63. The summed E-state index contributed by atoms with van der Waals surface area (Å²) >= 11 is 0. The van der Waals surface area contributed by atoms with E-state index in [1.165, 1.54) is 7.11 Å². The molecule has 0 aliphatic heterocycles. The van der Waals surface area contributed by atoms with E-state index in [0.29, 0.717) is 17.0 Å². The highest BCUT2D eigenvalue weighted by Crippen LogP contribution is 2.27. The van der Waals surface area contributed by atoms with Crippen LogP contribution >= 0.6 is 0 Å². The summed E-state index contributed by atoms with van der Waals surface area (Å²) in [6.45, 7) is 6.77. The molecular formula is C17H22F3N5O3. The van der Waals surface area contributed by atoms with Crippen molar-refractivity contribution < 1.29 is 27.5 Å². The molecule has 0 aliphatic rings. The van der Waals surface area contributed by atoms with E-state index in [9.17, 15) is 22.8 Å². The fraction of sp³-hybridized carbons (Fsp3) is 0.588. The molecule has 0 radical (unpaired) electrons. The van der Waals surface area contributed by atoms with Crippen molar-refractivity contribution >= 4 is 17.7 Å². The second kappa shape index (κ2) is 8.11. The molecule has 0 bridgehead atoms. The van der Waals surface area contributed by atoms with E-state index in [1.54, 1.807) is 27.7 Å². The monoisotopic (exact) mass is 401 g/mol. The van der Waals surface area contributed by atoms with Gasteiger partial charge in [-0.05, 0) is 31.7 Å². The summed E-state index contributed by atoms with van der Waals surface area (Å²) in [5.74, 6) is -2.50. The molecule has 2 aromatic heterocycles. The Morgan fingerprint density at radius 2 is 1.86 bits per heavy atom. The zero-order valence-corrected chi connectivity index (χ0v) is 16.2. The maximum atomic E-state index is 12.8. The molecule has 2 heterocycles. The van der Waals surface area contributed by atoms with Crippen molar-refractivity contribution in [1.29, 1.82) is 0 Å². The molecule has 1 atom stereocenters. The third-order valence-electron chi connectivity index (χ3n) is 4.34. The van der Waals surface area contributed by atoms with Crippen LogP contribution in [0.2, 0.25) is 0 Å². The van der Waals surface area contributed by atoms with Crippen LogP contribution in [0.4, 0.5) is 13.2 Å². The van der Waals surface area contributed by atoms with Gasteiger partial charge in [0, 0.05) is 17.8 Å². The third-order valence-corrected chi connectivity index (χ3v) is 4.34. The van der Waals surface area contributed by atoms with Crippen LogP contribution in [0, 0.1) is 19.8 Å². The number of aromatic nitrogens is 4. The Kier molecular flexibility index (Phi) is 6.25. The summed E-state index contributed by atoms with van der Waals surface area (Å²) in [5.41, 5.74) is 1.49. The van der Waals surface area contributed by atoms with Gasteiger partial charge >= 0.3 is 12.1 Å². The van der Waals surface area contributed by atoms with Gasteiger partial charge in [0.1, 0.15) is 6.04 Å². The van der Waals surface area contributed by atoms with Gasteiger partial charge in [-0.2, -0.15) is 18.2 Å². The number of nitrogens with zero attached hydrogens (tertiary/aromatic N) is 4. The smallest absolute Gasteiger partial charge is 0.453 e. The Morgan fingerprint density at radius 1 is 1.21 bits per heavy atom. The topological polar surface area (TPSA) is 98.5 Å². The largest absolute Gasteiger partial charge is 0.467 e. The molecule has 0 fully saturated rings. The molecule has 0 aromatic carbocycles. The van der Waals surface area contributed by atoms with Gasteiger partial charge in [0.05, 0.1) is 7.11 Å². The Morgan fingerprint density at radius 3 is 2.39 bits per heavy atom. The minimum atomic E-state index is -4.67. The van der Waals surface area contributed by atoms with E-state index in [0.717, 1.165) is 4.52 Å². The molecule has 0 spiro atoms. The molecule has 1 amide bonds. The number of hydrogen-bond donors (Lipinski definition) is 1. The fourth-order valence-corrected chi connectivity index (χ4v) is 2.80. The predicted octanol–water partition coefficient (Wildman–Crippen LogP) is 2.01. The van der Waals surface area contributed by atoms with Crippen molar-refractivity contribution in [2.75, 3.05) is 7.11 Å². The van der Waals surface area contributed by atoms with Crippen molar-refractivity contribution in [2.45, 2.75) is 52.8 Å². The first kappa shape index (κ1) is 21.6.